The van der Waals surface area contributed by atoms with Gasteiger partial charge in [-0.1, -0.05) is 6.92 Å². The van der Waals surface area contributed by atoms with Crippen molar-refractivity contribution in [1.82, 2.24) is 4.90 Å². The van der Waals surface area contributed by atoms with Gasteiger partial charge in [0.25, 0.3) is 0 Å². The van der Waals surface area contributed by atoms with Gasteiger partial charge in [0.15, 0.2) is 0 Å². The van der Waals surface area contributed by atoms with Crippen LogP contribution in [0.5, 0.6) is 0 Å². The number of rotatable bonds is 3. The summed E-state index contributed by atoms with van der Waals surface area (Å²) in [6.07, 6.45) is -0.994. The van der Waals surface area contributed by atoms with Crippen LogP contribution in [0.4, 0.5) is 0 Å². The Hall–Kier alpha value is -0.650. The van der Waals surface area contributed by atoms with E-state index in [4.69, 9.17) is 5.73 Å². The summed E-state index contributed by atoms with van der Waals surface area (Å²) in [7, 11) is 0. The van der Waals surface area contributed by atoms with E-state index in [1.165, 1.54) is 4.90 Å². The number of hydrogen-bond acceptors (Lipinski definition) is 4. The van der Waals surface area contributed by atoms with Crippen molar-refractivity contribution < 1.29 is 15.0 Å². The topological polar surface area (TPSA) is 86.8 Å². The summed E-state index contributed by atoms with van der Waals surface area (Å²) in [5, 5.41) is 18.7. The lowest BCUT2D eigenvalue weighted by molar-refractivity contribution is -0.140. The van der Waals surface area contributed by atoms with Crippen LogP contribution in [-0.2, 0) is 4.79 Å². The second-order valence-corrected chi connectivity index (χ2v) is 4.46. The van der Waals surface area contributed by atoms with Crippen LogP contribution in [0.3, 0.4) is 0 Å². The highest BCUT2D eigenvalue weighted by atomic mass is 16.3. The van der Waals surface area contributed by atoms with E-state index in [-0.39, 0.29) is 25.5 Å². The predicted molar refractivity (Wildman–Crippen MR) is 56.0 cm³/mol. The lowest BCUT2D eigenvalue weighted by atomic mass is 9.86. The van der Waals surface area contributed by atoms with Crippen molar-refractivity contribution in [3.63, 3.8) is 0 Å². The molecule has 0 bridgehead atoms. The maximum absolute atomic E-state index is 12.0. The van der Waals surface area contributed by atoms with Gasteiger partial charge in [0.2, 0.25) is 5.91 Å². The Bertz CT molecular complexity index is 231. The third kappa shape index (κ3) is 2.30. The van der Waals surface area contributed by atoms with Gasteiger partial charge < -0.3 is 20.8 Å². The normalized spacial score (nSPS) is 30.3. The van der Waals surface area contributed by atoms with E-state index < -0.39 is 17.6 Å². The number of aliphatic hydroxyl groups excluding tert-OH is 2. The largest absolute Gasteiger partial charge is 0.388 e. The van der Waals surface area contributed by atoms with E-state index in [0.29, 0.717) is 6.42 Å². The highest BCUT2D eigenvalue weighted by Crippen LogP contribution is 2.25. The van der Waals surface area contributed by atoms with Gasteiger partial charge in [-0.15, -0.1) is 0 Å². The Labute approximate surface area is 89.9 Å². The minimum absolute atomic E-state index is 0.0805. The molecule has 88 valence electrons. The first-order valence-electron chi connectivity index (χ1n) is 5.30. The van der Waals surface area contributed by atoms with E-state index >= 15 is 0 Å². The number of amides is 1. The molecule has 0 aromatic carbocycles. The van der Waals surface area contributed by atoms with Gasteiger partial charge >= 0.3 is 0 Å². The predicted octanol–water partition coefficient (Wildman–Crippen LogP) is -1.07. The lowest BCUT2D eigenvalue weighted by Gasteiger charge is -2.30. The maximum atomic E-state index is 12.0. The average Bonchev–Trinajstić information content (AvgIpc) is 2.57. The third-order valence-electron chi connectivity index (χ3n) is 3.29. The molecule has 1 saturated heterocycles. The van der Waals surface area contributed by atoms with Crippen molar-refractivity contribution in [3.8, 4) is 0 Å². The van der Waals surface area contributed by atoms with Crippen molar-refractivity contribution in [1.29, 1.82) is 0 Å². The van der Waals surface area contributed by atoms with E-state index in [9.17, 15) is 15.0 Å². The molecular formula is C10H20N2O3. The van der Waals surface area contributed by atoms with Crippen LogP contribution in [0.25, 0.3) is 0 Å². The Morgan fingerprint density at radius 3 is 2.27 bits per heavy atom. The molecule has 0 aromatic heterocycles. The van der Waals surface area contributed by atoms with Gasteiger partial charge in [-0.3, -0.25) is 4.79 Å². The molecule has 15 heavy (non-hydrogen) atoms. The molecule has 1 rings (SSSR count). The molecule has 1 amide bonds. The summed E-state index contributed by atoms with van der Waals surface area (Å²) >= 11 is 0. The Morgan fingerprint density at radius 2 is 1.93 bits per heavy atom. The van der Waals surface area contributed by atoms with Crippen LogP contribution < -0.4 is 5.73 Å². The standard InChI is InChI=1S/C10H20N2O3/c1-3-10(2,6-11)9(15)12-4-7(13)8(14)5-12/h7-8,13-14H,3-6,11H2,1-2H3. The number of nitrogens with two attached hydrogens (primary N) is 1. The zero-order chi connectivity index (χ0) is 11.6. The minimum Gasteiger partial charge on any atom is -0.388 e. The Kier molecular flexibility index (Phi) is 3.70. The first-order valence-corrected chi connectivity index (χ1v) is 5.30. The number of hydrogen-bond donors (Lipinski definition) is 3. The fourth-order valence-electron chi connectivity index (χ4n) is 1.70. The monoisotopic (exact) mass is 216 g/mol. The zero-order valence-corrected chi connectivity index (χ0v) is 9.31. The van der Waals surface area contributed by atoms with Crippen LogP contribution in [-0.4, -0.2) is 52.9 Å². The summed E-state index contributed by atoms with van der Waals surface area (Å²) in [6, 6.07) is 0. The number of aliphatic hydroxyl groups is 2. The lowest BCUT2D eigenvalue weighted by Crippen LogP contribution is -2.45. The summed E-state index contributed by atoms with van der Waals surface area (Å²) < 4.78 is 0. The maximum Gasteiger partial charge on any atom is 0.229 e. The molecule has 5 nitrogen and oxygen atoms in total. The summed E-state index contributed by atoms with van der Waals surface area (Å²) in [6.45, 7) is 4.41. The minimum atomic E-state index is -0.826. The number of carbonyl (C=O) groups excluding carboxylic acids is 1. The fraction of sp³-hybridized carbons (Fsp3) is 0.900. The summed E-state index contributed by atoms with van der Waals surface area (Å²) in [4.78, 5) is 13.5. The second kappa shape index (κ2) is 4.47. The second-order valence-electron chi connectivity index (χ2n) is 4.46. The molecule has 0 saturated carbocycles. The van der Waals surface area contributed by atoms with E-state index in [0.717, 1.165) is 0 Å². The van der Waals surface area contributed by atoms with E-state index in [1.54, 1.807) is 0 Å². The van der Waals surface area contributed by atoms with Gasteiger partial charge in [0, 0.05) is 19.6 Å². The number of likely N-dealkylation sites (tertiary alicyclic amines) is 1. The van der Waals surface area contributed by atoms with Gasteiger partial charge in [-0.05, 0) is 13.3 Å². The first-order chi connectivity index (χ1) is 6.94. The van der Waals surface area contributed by atoms with Gasteiger partial charge in [-0.25, -0.2) is 0 Å². The van der Waals surface area contributed by atoms with Gasteiger partial charge in [-0.2, -0.15) is 0 Å². The molecule has 0 aromatic rings. The quantitative estimate of drug-likeness (QED) is 0.560. The molecule has 1 aliphatic heterocycles. The first kappa shape index (κ1) is 12.4. The summed E-state index contributed by atoms with van der Waals surface area (Å²) in [5.74, 6) is -0.0805. The molecular weight excluding hydrogens is 196 g/mol. The smallest absolute Gasteiger partial charge is 0.229 e. The molecule has 0 spiro atoms. The van der Waals surface area contributed by atoms with Crippen LogP contribution in [0.1, 0.15) is 20.3 Å². The van der Waals surface area contributed by atoms with E-state index in [2.05, 4.69) is 0 Å². The van der Waals surface area contributed by atoms with Crippen LogP contribution >= 0.6 is 0 Å². The molecule has 1 heterocycles. The van der Waals surface area contributed by atoms with Gasteiger partial charge in [0.1, 0.15) is 0 Å². The Balaban J connectivity index is 2.69. The highest BCUT2D eigenvalue weighted by molar-refractivity contribution is 5.83. The molecule has 0 aliphatic carbocycles. The fourth-order valence-corrected chi connectivity index (χ4v) is 1.70. The van der Waals surface area contributed by atoms with Crippen molar-refractivity contribution in [2.75, 3.05) is 19.6 Å². The molecule has 5 heteroatoms. The number of β-amino-alcohol motifs (C(OH)–C–C–N with tert-alkyl or cyclic N) is 2. The zero-order valence-electron chi connectivity index (χ0n) is 9.31. The van der Waals surface area contributed by atoms with Crippen molar-refractivity contribution in [2.45, 2.75) is 32.5 Å². The average molecular weight is 216 g/mol. The number of nitrogens with zero attached hydrogens (tertiary/aromatic N) is 1. The molecule has 4 N–H and O–H groups in total. The molecule has 1 fully saturated rings. The van der Waals surface area contributed by atoms with Crippen molar-refractivity contribution in [2.24, 2.45) is 11.1 Å². The van der Waals surface area contributed by atoms with Crippen LogP contribution in [0.2, 0.25) is 0 Å². The van der Waals surface area contributed by atoms with Crippen molar-refractivity contribution >= 4 is 5.91 Å². The number of carbonyl (C=O) groups is 1. The van der Waals surface area contributed by atoms with Crippen LogP contribution in [0, 0.1) is 5.41 Å². The summed E-state index contributed by atoms with van der Waals surface area (Å²) in [5.41, 5.74) is 5.00. The van der Waals surface area contributed by atoms with E-state index in [1.807, 2.05) is 13.8 Å². The highest BCUT2D eigenvalue weighted by Gasteiger charge is 2.39. The molecule has 3 unspecified atom stereocenters. The molecule has 1 aliphatic rings. The van der Waals surface area contributed by atoms with Gasteiger partial charge in [0.05, 0.1) is 17.6 Å². The Morgan fingerprint density at radius 1 is 1.47 bits per heavy atom. The molecule has 3 atom stereocenters. The van der Waals surface area contributed by atoms with Crippen LogP contribution in [0.15, 0.2) is 0 Å². The molecule has 0 radical (unpaired) electrons. The SMILES string of the molecule is CCC(C)(CN)C(=O)N1CC(O)C(O)C1. The third-order valence-corrected chi connectivity index (χ3v) is 3.29. The van der Waals surface area contributed by atoms with Crippen molar-refractivity contribution in [3.05, 3.63) is 0 Å².